The highest BCUT2D eigenvalue weighted by atomic mass is 16.5. The first kappa shape index (κ1) is 21.3. The molecule has 3 heterocycles. The van der Waals surface area contributed by atoms with Crippen molar-refractivity contribution in [3.63, 3.8) is 0 Å². The number of carbonyl (C=O) groups is 1. The summed E-state index contributed by atoms with van der Waals surface area (Å²) in [6.07, 6.45) is 1.84. The summed E-state index contributed by atoms with van der Waals surface area (Å²) >= 11 is 0. The van der Waals surface area contributed by atoms with Gasteiger partial charge in [0.25, 0.3) is 5.91 Å². The van der Waals surface area contributed by atoms with E-state index in [2.05, 4.69) is 6.07 Å². The minimum atomic E-state index is -0.783. The minimum absolute atomic E-state index is 0.00367. The van der Waals surface area contributed by atoms with E-state index < -0.39 is 11.2 Å². The fourth-order valence-electron chi connectivity index (χ4n) is 5.01. The molecule has 2 aliphatic heterocycles. The van der Waals surface area contributed by atoms with E-state index in [4.69, 9.17) is 4.74 Å². The summed E-state index contributed by atoms with van der Waals surface area (Å²) < 4.78 is 8.55. The average Bonchev–Trinajstić information content (AvgIpc) is 3.24. The Morgan fingerprint density at radius 3 is 2.45 bits per heavy atom. The highest BCUT2D eigenvalue weighted by Gasteiger charge is 2.45. The van der Waals surface area contributed by atoms with Crippen LogP contribution in [0, 0.1) is 11.3 Å². The zero-order chi connectivity index (χ0) is 23.2. The number of amides is 1. The van der Waals surface area contributed by atoms with Gasteiger partial charge < -0.3 is 14.7 Å². The Balaban J connectivity index is 1.36. The molecule has 1 fully saturated rings. The molecule has 1 saturated heterocycles. The van der Waals surface area contributed by atoms with Crippen molar-refractivity contribution < 1.29 is 14.6 Å². The van der Waals surface area contributed by atoms with Crippen LogP contribution in [-0.4, -0.2) is 39.2 Å². The van der Waals surface area contributed by atoms with E-state index in [9.17, 15) is 15.2 Å². The molecule has 1 N–H and O–H groups in total. The third-order valence-electron chi connectivity index (χ3n) is 6.57. The summed E-state index contributed by atoms with van der Waals surface area (Å²) in [6, 6.07) is 21.4. The number of likely N-dealkylation sites (tertiary alicyclic amines) is 1. The van der Waals surface area contributed by atoms with Crippen LogP contribution in [-0.2, 0) is 12.0 Å². The second kappa shape index (κ2) is 7.79. The maximum atomic E-state index is 13.1. The SMILES string of the molecule is CC(C)(O)Cc1ccc(C(=O)N2CCC3(CC2)Oc2ccccc2-n2c(C#N)ccc23)cc1. The number of aromatic nitrogens is 1. The fourth-order valence-corrected chi connectivity index (χ4v) is 5.01. The predicted molar refractivity (Wildman–Crippen MR) is 124 cm³/mol. The van der Waals surface area contributed by atoms with Crippen LogP contribution in [0.4, 0.5) is 0 Å². The normalized spacial score (nSPS) is 16.5. The molecule has 33 heavy (non-hydrogen) atoms. The van der Waals surface area contributed by atoms with Crippen LogP contribution < -0.4 is 4.74 Å². The summed E-state index contributed by atoms with van der Waals surface area (Å²) in [7, 11) is 0. The van der Waals surface area contributed by atoms with E-state index >= 15 is 0 Å². The molecular formula is C27H27N3O3. The zero-order valence-corrected chi connectivity index (χ0v) is 18.9. The molecule has 6 nitrogen and oxygen atoms in total. The first-order valence-electron chi connectivity index (χ1n) is 11.3. The Kier molecular flexibility index (Phi) is 5.02. The van der Waals surface area contributed by atoms with Crippen LogP contribution in [0.25, 0.3) is 5.69 Å². The second-order valence-electron chi connectivity index (χ2n) is 9.59. The number of aliphatic hydroxyl groups is 1. The quantitative estimate of drug-likeness (QED) is 0.661. The van der Waals surface area contributed by atoms with Crippen molar-refractivity contribution >= 4 is 5.91 Å². The molecule has 0 bridgehead atoms. The van der Waals surface area contributed by atoms with Crippen molar-refractivity contribution in [3.8, 4) is 17.5 Å². The number of carbonyl (C=O) groups excluding carboxylic acids is 1. The van der Waals surface area contributed by atoms with Gasteiger partial charge in [-0.25, -0.2) is 0 Å². The number of fused-ring (bicyclic) bond motifs is 4. The Morgan fingerprint density at radius 2 is 1.79 bits per heavy atom. The van der Waals surface area contributed by atoms with Gasteiger partial charge in [0, 0.05) is 37.9 Å². The lowest BCUT2D eigenvalue weighted by atomic mass is 9.86. The van der Waals surface area contributed by atoms with Crippen LogP contribution in [0.15, 0.2) is 60.7 Å². The van der Waals surface area contributed by atoms with Crippen molar-refractivity contribution in [1.29, 1.82) is 5.26 Å². The minimum Gasteiger partial charge on any atom is -0.479 e. The molecule has 3 aromatic rings. The molecule has 0 atom stereocenters. The van der Waals surface area contributed by atoms with Gasteiger partial charge in [0.1, 0.15) is 17.5 Å². The maximum absolute atomic E-state index is 13.1. The Hall–Kier alpha value is -3.56. The zero-order valence-electron chi connectivity index (χ0n) is 18.9. The number of piperidine rings is 1. The molecular weight excluding hydrogens is 414 g/mol. The van der Waals surface area contributed by atoms with Crippen LogP contribution in [0.3, 0.4) is 0 Å². The van der Waals surface area contributed by atoms with Crippen molar-refractivity contribution in [2.24, 2.45) is 0 Å². The highest BCUT2D eigenvalue weighted by molar-refractivity contribution is 5.94. The molecule has 168 valence electrons. The third kappa shape index (κ3) is 3.79. The van der Waals surface area contributed by atoms with Crippen molar-refractivity contribution in [2.75, 3.05) is 13.1 Å². The summed E-state index contributed by atoms with van der Waals surface area (Å²) in [6.45, 7) is 4.69. The number of hydrogen-bond acceptors (Lipinski definition) is 4. The Labute approximate surface area is 193 Å². The monoisotopic (exact) mass is 441 g/mol. The largest absolute Gasteiger partial charge is 0.479 e. The Morgan fingerprint density at radius 1 is 1.09 bits per heavy atom. The van der Waals surface area contributed by atoms with E-state index in [0.717, 1.165) is 22.7 Å². The molecule has 0 saturated carbocycles. The molecule has 1 amide bonds. The molecule has 2 aromatic carbocycles. The van der Waals surface area contributed by atoms with Crippen LogP contribution >= 0.6 is 0 Å². The van der Waals surface area contributed by atoms with Gasteiger partial charge in [-0.15, -0.1) is 0 Å². The number of nitrogens with zero attached hydrogens (tertiary/aromatic N) is 3. The first-order chi connectivity index (χ1) is 15.8. The van der Waals surface area contributed by atoms with Gasteiger partial charge in [-0.1, -0.05) is 24.3 Å². The Bertz CT molecular complexity index is 1240. The lowest BCUT2D eigenvalue weighted by Gasteiger charge is -2.45. The van der Waals surface area contributed by atoms with Crippen molar-refractivity contribution in [1.82, 2.24) is 9.47 Å². The summed E-state index contributed by atoms with van der Waals surface area (Å²) in [5.74, 6) is 0.767. The molecule has 0 unspecified atom stereocenters. The average molecular weight is 442 g/mol. The van der Waals surface area contributed by atoms with Gasteiger partial charge in [0.2, 0.25) is 0 Å². The summed E-state index contributed by atoms with van der Waals surface area (Å²) in [5, 5.41) is 19.7. The number of ether oxygens (including phenoxy) is 1. The van der Waals surface area contributed by atoms with Crippen molar-refractivity contribution in [3.05, 3.63) is 83.2 Å². The number of nitriles is 1. The molecule has 2 aliphatic rings. The molecule has 6 heteroatoms. The molecule has 0 radical (unpaired) electrons. The van der Waals surface area contributed by atoms with Gasteiger partial charge in [-0.05, 0) is 55.8 Å². The van der Waals surface area contributed by atoms with Crippen LogP contribution in [0.2, 0.25) is 0 Å². The number of benzene rings is 2. The second-order valence-corrected chi connectivity index (χ2v) is 9.59. The van der Waals surface area contributed by atoms with E-state index in [1.54, 1.807) is 13.8 Å². The number of para-hydroxylation sites is 2. The topological polar surface area (TPSA) is 78.5 Å². The standard InChI is InChI=1S/C27H27N3O3/c1-26(2,32)17-19-7-9-20(10-8-19)25(31)29-15-13-27(14-16-29)24-12-11-21(18-28)30(24)22-5-3-4-6-23(22)33-27/h3-12,32H,13-17H2,1-2H3. The first-order valence-corrected chi connectivity index (χ1v) is 11.3. The van der Waals surface area contributed by atoms with E-state index in [0.29, 0.717) is 43.6 Å². The summed E-state index contributed by atoms with van der Waals surface area (Å²) in [4.78, 5) is 15.0. The van der Waals surface area contributed by atoms with E-state index in [1.165, 1.54) is 0 Å². The van der Waals surface area contributed by atoms with Gasteiger partial charge in [-0.3, -0.25) is 9.36 Å². The predicted octanol–water partition coefficient (Wildman–Crippen LogP) is 4.19. The number of rotatable bonds is 3. The lowest BCUT2D eigenvalue weighted by molar-refractivity contribution is -0.00937. The smallest absolute Gasteiger partial charge is 0.253 e. The molecule has 1 aromatic heterocycles. The van der Waals surface area contributed by atoms with E-state index in [-0.39, 0.29) is 5.91 Å². The van der Waals surface area contributed by atoms with Crippen LogP contribution in [0.1, 0.15) is 54.0 Å². The van der Waals surface area contributed by atoms with E-state index in [1.807, 2.05) is 70.1 Å². The van der Waals surface area contributed by atoms with Gasteiger partial charge in [0.15, 0.2) is 5.60 Å². The van der Waals surface area contributed by atoms with Crippen molar-refractivity contribution in [2.45, 2.75) is 44.3 Å². The molecule has 5 rings (SSSR count). The van der Waals surface area contributed by atoms with Crippen LogP contribution in [0.5, 0.6) is 5.75 Å². The summed E-state index contributed by atoms with van der Waals surface area (Å²) in [5.41, 5.74) is 2.75. The molecule has 1 spiro atoms. The maximum Gasteiger partial charge on any atom is 0.253 e. The highest BCUT2D eigenvalue weighted by Crippen LogP contribution is 2.45. The number of hydrogen-bond donors (Lipinski definition) is 1. The third-order valence-corrected chi connectivity index (χ3v) is 6.57. The fraction of sp³-hybridized carbons (Fsp3) is 0.333. The van der Waals surface area contributed by atoms with Gasteiger partial charge in [-0.2, -0.15) is 5.26 Å². The van der Waals surface area contributed by atoms with Gasteiger partial charge in [0.05, 0.1) is 17.0 Å². The lowest BCUT2D eigenvalue weighted by Crippen LogP contribution is -2.50. The van der Waals surface area contributed by atoms with Gasteiger partial charge >= 0.3 is 0 Å². The molecule has 0 aliphatic carbocycles.